The number of aliphatic hydroxyl groups excluding tert-OH is 1. The Labute approximate surface area is 65.4 Å². The van der Waals surface area contributed by atoms with Crippen molar-refractivity contribution in [1.82, 2.24) is 0 Å². The Morgan fingerprint density at radius 3 is 2.73 bits per heavy atom. The Morgan fingerprint density at radius 2 is 2.18 bits per heavy atom. The van der Waals surface area contributed by atoms with Gasteiger partial charge >= 0.3 is 6.16 Å². The van der Waals surface area contributed by atoms with Crippen molar-refractivity contribution in [3.8, 4) is 0 Å². The van der Waals surface area contributed by atoms with Gasteiger partial charge in [-0.2, -0.15) is 0 Å². The van der Waals surface area contributed by atoms with Crippen molar-refractivity contribution >= 4 is 6.16 Å². The minimum Gasteiger partial charge on any atom is -0.435 e. The van der Waals surface area contributed by atoms with E-state index in [9.17, 15) is 4.79 Å². The summed E-state index contributed by atoms with van der Waals surface area (Å²) in [6.07, 6.45) is 2.34. The van der Waals surface area contributed by atoms with Crippen LogP contribution in [0.3, 0.4) is 0 Å². The third-order valence-corrected chi connectivity index (χ3v) is 0.832. The molecule has 64 valence electrons. The summed E-state index contributed by atoms with van der Waals surface area (Å²) < 4.78 is 8.99. The maximum atomic E-state index is 10.5. The van der Waals surface area contributed by atoms with Gasteiger partial charge in [0.05, 0.1) is 13.2 Å². The highest BCUT2D eigenvalue weighted by Crippen LogP contribution is 1.84. The van der Waals surface area contributed by atoms with E-state index in [4.69, 9.17) is 5.11 Å². The molecule has 0 aliphatic rings. The molecule has 0 fully saturated rings. The summed E-state index contributed by atoms with van der Waals surface area (Å²) >= 11 is 0. The minimum atomic E-state index is -0.685. The third-order valence-electron chi connectivity index (χ3n) is 0.832. The molecule has 0 radical (unpaired) electrons. The molecule has 4 heteroatoms. The van der Waals surface area contributed by atoms with Gasteiger partial charge in [-0.25, -0.2) is 4.79 Å². The summed E-state index contributed by atoms with van der Waals surface area (Å²) in [5, 5.41) is 8.28. The maximum absolute atomic E-state index is 10.5. The van der Waals surface area contributed by atoms with E-state index < -0.39 is 6.16 Å². The number of carbonyl (C=O) groups is 1. The fourth-order valence-electron chi connectivity index (χ4n) is 0.418. The first-order chi connectivity index (χ1) is 5.31. The molecule has 0 amide bonds. The first kappa shape index (κ1) is 9.97. The number of hydrogen-bond donors (Lipinski definition) is 1. The van der Waals surface area contributed by atoms with Crippen molar-refractivity contribution in [1.29, 1.82) is 0 Å². The topological polar surface area (TPSA) is 55.8 Å². The fraction of sp³-hybridized carbons (Fsp3) is 0.571. The second-order valence-electron chi connectivity index (χ2n) is 1.65. The largest absolute Gasteiger partial charge is 0.508 e. The second kappa shape index (κ2) is 7.08. The molecular formula is C7H12O4. The van der Waals surface area contributed by atoms with E-state index in [1.807, 2.05) is 0 Å². The van der Waals surface area contributed by atoms with E-state index in [-0.39, 0.29) is 13.2 Å². The van der Waals surface area contributed by atoms with Gasteiger partial charge in [0.15, 0.2) is 0 Å². The lowest BCUT2D eigenvalue weighted by atomic mass is 10.5. The summed E-state index contributed by atoms with van der Waals surface area (Å²) in [6, 6.07) is 0. The number of carbonyl (C=O) groups excluding carboxylic acids is 1. The van der Waals surface area contributed by atoms with Gasteiger partial charge in [-0.1, -0.05) is 6.08 Å². The van der Waals surface area contributed by atoms with Crippen LogP contribution in [0.15, 0.2) is 12.2 Å². The van der Waals surface area contributed by atoms with E-state index in [2.05, 4.69) is 9.47 Å². The summed E-state index contributed by atoms with van der Waals surface area (Å²) in [5.41, 5.74) is 0. The first-order valence-electron chi connectivity index (χ1n) is 3.36. The van der Waals surface area contributed by atoms with Gasteiger partial charge in [0.1, 0.15) is 6.61 Å². The zero-order chi connectivity index (χ0) is 8.53. The zero-order valence-corrected chi connectivity index (χ0v) is 6.45. The fourth-order valence-corrected chi connectivity index (χ4v) is 0.418. The van der Waals surface area contributed by atoms with Crippen molar-refractivity contribution in [2.75, 3.05) is 19.8 Å². The van der Waals surface area contributed by atoms with Crippen LogP contribution in [0.1, 0.15) is 6.92 Å². The average Bonchev–Trinajstić information content (AvgIpc) is 1.99. The average molecular weight is 160 g/mol. The van der Waals surface area contributed by atoms with E-state index in [0.717, 1.165) is 0 Å². The predicted octanol–water partition coefficient (Wildman–Crippen LogP) is 0.708. The first-order valence-corrected chi connectivity index (χ1v) is 3.36. The smallest absolute Gasteiger partial charge is 0.435 e. The third kappa shape index (κ3) is 6.86. The molecule has 0 saturated heterocycles. The molecule has 11 heavy (non-hydrogen) atoms. The Kier molecular flexibility index (Phi) is 6.42. The summed E-state index contributed by atoms with van der Waals surface area (Å²) in [5.74, 6) is 0. The normalized spacial score (nSPS) is 10.0. The van der Waals surface area contributed by atoms with Crippen molar-refractivity contribution in [2.24, 2.45) is 0 Å². The Hall–Kier alpha value is -1.03. The molecule has 4 nitrogen and oxygen atoms in total. The van der Waals surface area contributed by atoms with Gasteiger partial charge < -0.3 is 14.6 Å². The molecule has 0 heterocycles. The van der Waals surface area contributed by atoms with E-state index in [0.29, 0.717) is 6.61 Å². The van der Waals surface area contributed by atoms with Crippen LogP contribution >= 0.6 is 0 Å². The number of rotatable bonds is 4. The molecule has 0 saturated carbocycles. The molecule has 0 bridgehead atoms. The van der Waals surface area contributed by atoms with Gasteiger partial charge in [0, 0.05) is 0 Å². The standard InChI is InChI=1S/C7H12O4/c1-2-10-7(9)11-6-4-3-5-8/h3-4,8H,2,5-6H2,1H3/b4-3+. The van der Waals surface area contributed by atoms with E-state index in [1.165, 1.54) is 12.2 Å². The van der Waals surface area contributed by atoms with Crippen LogP contribution in [0.5, 0.6) is 0 Å². The van der Waals surface area contributed by atoms with E-state index in [1.54, 1.807) is 6.92 Å². The maximum Gasteiger partial charge on any atom is 0.508 e. The molecule has 1 N–H and O–H groups in total. The van der Waals surface area contributed by atoms with Crippen LogP contribution in [0.4, 0.5) is 4.79 Å². The van der Waals surface area contributed by atoms with Gasteiger partial charge in [0.25, 0.3) is 0 Å². The van der Waals surface area contributed by atoms with Crippen molar-refractivity contribution < 1.29 is 19.4 Å². The molecule has 0 spiro atoms. The molecule has 0 atom stereocenters. The lowest BCUT2D eigenvalue weighted by Crippen LogP contribution is -2.06. The van der Waals surface area contributed by atoms with Crippen molar-refractivity contribution in [3.05, 3.63) is 12.2 Å². The van der Waals surface area contributed by atoms with Crippen LogP contribution in [0, 0.1) is 0 Å². The molecule has 0 rings (SSSR count). The molecule has 0 aliphatic carbocycles. The zero-order valence-electron chi connectivity index (χ0n) is 6.45. The number of aliphatic hydroxyl groups is 1. The van der Waals surface area contributed by atoms with Crippen molar-refractivity contribution in [3.63, 3.8) is 0 Å². The Morgan fingerprint density at radius 1 is 1.45 bits per heavy atom. The van der Waals surface area contributed by atoms with Gasteiger partial charge in [-0.15, -0.1) is 0 Å². The lowest BCUT2D eigenvalue weighted by Gasteiger charge is -1.99. The number of hydrogen-bond acceptors (Lipinski definition) is 4. The van der Waals surface area contributed by atoms with Gasteiger partial charge in [-0.05, 0) is 13.0 Å². The Balaban J connectivity index is 3.24. The summed E-state index contributed by atoms with van der Waals surface area (Å²) in [7, 11) is 0. The molecule has 0 unspecified atom stereocenters. The molecule has 0 aromatic rings. The van der Waals surface area contributed by atoms with Crippen LogP contribution in [0.25, 0.3) is 0 Å². The van der Waals surface area contributed by atoms with Crippen LogP contribution in [0.2, 0.25) is 0 Å². The molecule has 0 aliphatic heterocycles. The minimum absolute atomic E-state index is 0.0494. The monoisotopic (exact) mass is 160 g/mol. The summed E-state index contributed by atoms with van der Waals surface area (Å²) in [6.45, 7) is 2.10. The lowest BCUT2D eigenvalue weighted by molar-refractivity contribution is 0.0672. The number of ether oxygens (including phenoxy) is 2. The quantitative estimate of drug-likeness (QED) is 0.486. The highest BCUT2D eigenvalue weighted by Gasteiger charge is 1.97. The van der Waals surface area contributed by atoms with Crippen molar-refractivity contribution in [2.45, 2.75) is 6.92 Å². The highest BCUT2D eigenvalue weighted by atomic mass is 16.7. The van der Waals surface area contributed by atoms with Crippen LogP contribution in [-0.4, -0.2) is 31.1 Å². The van der Waals surface area contributed by atoms with Gasteiger partial charge in [0.2, 0.25) is 0 Å². The van der Waals surface area contributed by atoms with Gasteiger partial charge in [-0.3, -0.25) is 0 Å². The van der Waals surface area contributed by atoms with Crippen LogP contribution in [-0.2, 0) is 9.47 Å². The summed E-state index contributed by atoms with van der Waals surface area (Å²) in [4.78, 5) is 10.5. The molecular weight excluding hydrogens is 148 g/mol. The predicted molar refractivity (Wildman–Crippen MR) is 39.2 cm³/mol. The SMILES string of the molecule is CCOC(=O)OC/C=C/CO. The Bertz CT molecular complexity index is 130. The van der Waals surface area contributed by atoms with E-state index >= 15 is 0 Å². The molecule has 0 aromatic carbocycles. The molecule has 0 aromatic heterocycles. The van der Waals surface area contributed by atoms with Crippen LogP contribution < -0.4 is 0 Å². The second-order valence-corrected chi connectivity index (χ2v) is 1.65. The highest BCUT2D eigenvalue weighted by molar-refractivity contribution is 5.59.